The molecule has 1 aliphatic rings. The first-order chi connectivity index (χ1) is 8.69. The van der Waals surface area contributed by atoms with Crippen LogP contribution in [0.1, 0.15) is 57.6 Å². The molecule has 0 bridgehead atoms. The molecule has 2 heteroatoms. The van der Waals surface area contributed by atoms with Crippen LogP contribution in [0.4, 0.5) is 0 Å². The minimum atomic E-state index is 0.0956. The third-order valence-electron chi connectivity index (χ3n) is 4.02. The molecule has 1 saturated carbocycles. The van der Waals surface area contributed by atoms with Gasteiger partial charge in [-0.3, -0.25) is 0 Å². The zero-order valence-corrected chi connectivity index (χ0v) is 11.6. The average Bonchev–Trinajstić information content (AvgIpc) is 2.39. The van der Waals surface area contributed by atoms with E-state index in [2.05, 4.69) is 19.1 Å². The van der Waals surface area contributed by atoms with Crippen LogP contribution in [0.25, 0.3) is 0 Å². The molecule has 0 amide bonds. The summed E-state index contributed by atoms with van der Waals surface area (Å²) in [6, 6.07) is 8.33. The van der Waals surface area contributed by atoms with E-state index >= 15 is 0 Å². The summed E-state index contributed by atoms with van der Waals surface area (Å²) >= 11 is 0. The van der Waals surface area contributed by atoms with Gasteiger partial charge in [-0.05, 0) is 49.8 Å². The summed E-state index contributed by atoms with van der Waals surface area (Å²) in [5.74, 6) is 1.84. The Hall–Kier alpha value is -1.02. The molecule has 1 aromatic carbocycles. The van der Waals surface area contributed by atoms with E-state index in [1.54, 1.807) is 0 Å². The Kier molecular flexibility index (Phi) is 4.65. The zero-order valence-electron chi connectivity index (χ0n) is 11.6. The number of hydrogen-bond donors (Lipinski definition) is 1. The van der Waals surface area contributed by atoms with Crippen LogP contribution in [0.3, 0.4) is 0 Å². The maximum absolute atomic E-state index is 6.08. The van der Waals surface area contributed by atoms with Crippen molar-refractivity contribution in [1.82, 2.24) is 0 Å². The second kappa shape index (κ2) is 6.24. The highest BCUT2D eigenvalue weighted by Gasteiger charge is 2.21. The molecular weight excluding hydrogens is 222 g/mol. The number of rotatable bonds is 4. The van der Waals surface area contributed by atoms with E-state index in [1.807, 2.05) is 19.1 Å². The molecule has 0 aromatic heterocycles. The lowest BCUT2D eigenvalue weighted by Crippen LogP contribution is -2.25. The Morgan fingerprint density at radius 1 is 1.28 bits per heavy atom. The van der Waals surface area contributed by atoms with Crippen LogP contribution in [0, 0.1) is 5.92 Å². The summed E-state index contributed by atoms with van der Waals surface area (Å²) < 4.78 is 6.08. The molecule has 1 fully saturated rings. The summed E-state index contributed by atoms with van der Waals surface area (Å²) in [4.78, 5) is 0. The fourth-order valence-corrected chi connectivity index (χ4v) is 2.76. The lowest BCUT2D eigenvalue weighted by Gasteiger charge is -2.29. The quantitative estimate of drug-likeness (QED) is 0.871. The van der Waals surface area contributed by atoms with Gasteiger partial charge in [0.2, 0.25) is 0 Å². The van der Waals surface area contributed by atoms with Gasteiger partial charge in [0.25, 0.3) is 0 Å². The Bertz CT molecular complexity index is 358. The van der Waals surface area contributed by atoms with Crippen molar-refractivity contribution < 1.29 is 4.74 Å². The van der Waals surface area contributed by atoms with Gasteiger partial charge in [-0.2, -0.15) is 0 Å². The molecule has 1 aliphatic carbocycles. The fourth-order valence-electron chi connectivity index (χ4n) is 2.76. The summed E-state index contributed by atoms with van der Waals surface area (Å²) in [6.45, 7) is 4.29. The molecule has 0 radical (unpaired) electrons. The first kappa shape index (κ1) is 13.4. The van der Waals surface area contributed by atoms with Gasteiger partial charge in [-0.25, -0.2) is 0 Å². The van der Waals surface area contributed by atoms with Gasteiger partial charge in [0.1, 0.15) is 5.75 Å². The van der Waals surface area contributed by atoms with Gasteiger partial charge in [0.15, 0.2) is 0 Å². The van der Waals surface area contributed by atoms with Crippen LogP contribution < -0.4 is 10.5 Å². The summed E-state index contributed by atoms with van der Waals surface area (Å²) in [6.07, 6.45) is 6.78. The van der Waals surface area contributed by atoms with Crippen molar-refractivity contribution in [2.45, 2.75) is 58.1 Å². The third kappa shape index (κ3) is 3.49. The molecule has 0 aliphatic heterocycles. The van der Waals surface area contributed by atoms with Crippen molar-refractivity contribution in [1.29, 1.82) is 0 Å². The van der Waals surface area contributed by atoms with E-state index in [0.29, 0.717) is 6.10 Å². The lowest BCUT2D eigenvalue weighted by atomic mass is 9.85. The Balaban J connectivity index is 1.92. The fraction of sp³-hybridized carbons (Fsp3) is 0.625. The smallest absolute Gasteiger partial charge is 0.119 e. The Labute approximate surface area is 111 Å². The van der Waals surface area contributed by atoms with Gasteiger partial charge < -0.3 is 10.5 Å². The van der Waals surface area contributed by atoms with Crippen LogP contribution in [0.5, 0.6) is 5.75 Å². The number of ether oxygens (including phenoxy) is 1. The van der Waals surface area contributed by atoms with Crippen LogP contribution in [-0.2, 0) is 0 Å². The second-order valence-corrected chi connectivity index (χ2v) is 5.54. The molecule has 0 saturated heterocycles. The van der Waals surface area contributed by atoms with Gasteiger partial charge in [0, 0.05) is 6.04 Å². The van der Waals surface area contributed by atoms with Crippen molar-refractivity contribution in [3.63, 3.8) is 0 Å². The average molecular weight is 247 g/mol. The van der Waals surface area contributed by atoms with Gasteiger partial charge in [-0.1, -0.05) is 31.9 Å². The van der Waals surface area contributed by atoms with Crippen molar-refractivity contribution in [3.8, 4) is 5.75 Å². The SMILES string of the molecule is CCC1CCCC(Oc2ccc([C@@H](C)N)cc2)C1. The molecule has 2 nitrogen and oxygen atoms in total. The van der Waals surface area contributed by atoms with E-state index in [1.165, 1.54) is 32.1 Å². The largest absolute Gasteiger partial charge is 0.490 e. The molecule has 100 valence electrons. The number of benzene rings is 1. The third-order valence-corrected chi connectivity index (χ3v) is 4.02. The molecule has 2 rings (SSSR count). The predicted molar refractivity (Wildman–Crippen MR) is 75.7 cm³/mol. The number of hydrogen-bond acceptors (Lipinski definition) is 2. The van der Waals surface area contributed by atoms with Crippen molar-refractivity contribution >= 4 is 0 Å². The second-order valence-electron chi connectivity index (χ2n) is 5.54. The molecule has 18 heavy (non-hydrogen) atoms. The topological polar surface area (TPSA) is 35.2 Å². The van der Waals surface area contributed by atoms with Gasteiger partial charge in [0.05, 0.1) is 6.10 Å². The van der Waals surface area contributed by atoms with E-state index < -0.39 is 0 Å². The molecule has 2 unspecified atom stereocenters. The molecule has 0 spiro atoms. The first-order valence-electron chi connectivity index (χ1n) is 7.21. The van der Waals surface area contributed by atoms with Crippen LogP contribution >= 0.6 is 0 Å². The minimum absolute atomic E-state index is 0.0956. The maximum atomic E-state index is 6.08. The first-order valence-corrected chi connectivity index (χ1v) is 7.21. The van der Waals surface area contributed by atoms with Crippen LogP contribution in [0.15, 0.2) is 24.3 Å². The summed E-state index contributed by atoms with van der Waals surface area (Å²) in [5, 5.41) is 0. The van der Waals surface area contributed by atoms with Gasteiger partial charge in [-0.15, -0.1) is 0 Å². The van der Waals surface area contributed by atoms with Crippen molar-refractivity contribution in [3.05, 3.63) is 29.8 Å². The highest BCUT2D eigenvalue weighted by atomic mass is 16.5. The Morgan fingerprint density at radius 3 is 2.61 bits per heavy atom. The van der Waals surface area contributed by atoms with Crippen molar-refractivity contribution in [2.75, 3.05) is 0 Å². The Morgan fingerprint density at radius 2 is 2.00 bits per heavy atom. The van der Waals surface area contributed by atoms with E-state index in [4.69, 9.17) is 10.5 Å². The van der Waals surface area contributed by atoms with E-state index in [-0.39, 0.29) is 6.04 Å². The van der Waals surface area contributed by atoms with Crippen LogP contribution in [0.2, 0.25) is 0 Å². The summed E-state index contributed by atoms with van der Waals surface area (Å²) in [7, 11) is 0. The normalized spacial score (nSPS) is 25.7. The molecular formula is C16H25NO. The van der Waals surface area contributed by atoms with Crippen LogP contribution in [-0.4, -0.2) is 6.10 Å². The zero-order chi connectivity index (χ0) is 13.0. The highest BCUT2D eigenvalue weighted by Crippen LogP contribution is 2.29. The van der Waals surface area contributed by atoms with Gasteiger partial charge >= 0.3 is 0 Å². The van der Waals surface area contributed by atoms with Crippen molar-refractivity contribution in [2.24, 2.45) is 11.7 Å². The molecule has 3 atom stereocenters. The standard InChI is InChI=1S/C16H25NO/c1-3-13-5-4-6-16(11-13)18-15-9-7-14(8-10-15)12(2)17/h7-10,12-13,16H,3-6,11,17H2,1-2H3/t12-,13?,16?/m1/s1. The maximum Gasteiger partial charge on any atom is 0.119 e. The molecule has 1 aromatic rings. The van der Waals surface area contributed by atoms with E-state index in [9.17, 15) is 0 Å². The minimum Gasteiger partial charge on any atom is -0.490 e. The number of nitrogens with two attached hydrogens (primary N) is 1. The lowest BCUT2D eigenvalue weighted by molar-refractivity contribution is 0.122. The van der Waals surface area contributed by atoms with E-state index in [0.717, 1.165) is 17.2 Å². The molecule has 2 N–H and O–H groups in total. The monoisotopic (exact) mass is 247 g/mol. The summed E-state index contributed by atoms with van der Waals surface area (Å²) in [5.41, 5.74) is 7.01. The molecule has 0 heterocycles. The predicted octanol–water partition coefficient (Wildman–Crippen LogP) is 4.05. The highest BCUT2D eigenvalue weighted by molar-refractivity contribution is 5.28.